The summed E-state index contributed by atoms with van der Waals surface area (Å²) >= 11 is 1.61. The summed E-state index contributed by atoms with van der Waals surface area (Å²) in [6.45, 7) is 4.39. The van der Waals surface area contributed by atoms with Crippen molar-refractivity contribution in [2.45, 2.75) is 20.4 Å². The number of hydrogen-bond acceptors (Lipinski definition) is 6. The largest absolute Gasteiger partial charge is 0.383 e. The maximum atomic E-state index is 5.77. The van der Waals surface area contributed by atoms with Gasteiger partial charge in [-0.15, -0.1) is 11.3 Å². The zero-order valence-electron chi connectivity index (χ0n) is 9.19. The van der Waals surface area contributed by atoms with Gasteiger partial charge < -0.3 is 11.1 Å². The van der Waals surface area contributed by atoms with Gasteiger partial charge in [0.2, 0.25) is 0 Å². The van der Waals surface area contributed by atoms with E-state index in [4.69, 9.17) is 5.73 Å². The molecule has 2 aromatic rings. The Hall–Kier alpha value is -1.69. The van der Waals surface area contributed by atoms with Crippen LogP contribution < -0.4 is 11.1 Å². The molecule has 0 spiro atoms. The molecule has 0 radical (unpaired) electrons. The highest BCUT2D eigenvalue weighted by Gasteiger charge is 2.06. The number of nitrogen functional groups attached to an aromatic ring is 1. The molecule has 0 amide bonds. The van der Waals surface area contributed by atoms with Crippen molar-refractivity contribution in [2.75, 3.05) is 11.1 Å². The first kappa shape index (κ1) is 10.8. The highest BCUT2D eigenvalue weighted by atomic mass is 32.1. The summed E-state index contributed by atoms with van der Waals surface area (Å²) in [7, 11) is 0. The molecule has 0 unspecified atom stereocenters. The minimum Gasteiger partial charge on any atom is -0.383 e. The van der Waals surface area contributed by atoms with E-state index in [1.165, 1.54) is 0 Å². The van der Waals surface area contributed by atoms with E-state index in [-0.39, 0.29) is 0 Å². The van der Waals surface area contributed by atoms with Crippen molar-refractivity contribution in [2.24, 2.45) is 0 Å². The smallest absolute Gasteiger partial charge is 0.135 e. The van der Waals surface area contributed by atoms with Crippen molar-refractivity contribution in [3.05, 3.63) is 28.0 Å². The van der Waals surface area contributed by atoms with E-state index in [1.807, 2.05) is 19.2 Å². The molecule has 3 N–H and O–H groups in total. The van der Waals surface area contributed by atoms with Gasteiger partial charge in [0.25, 0.3) is 0 Å². The minimum absolute atomic E-state index is 0.522. The molecule has 2 heterocycles. The summed E-state index contributed by atoms with van der Waals surface area (Å²) in [5.41, 5.74) is 6.64. The fraction of sp³-hybridized carbons (Fsp3) is 0.300. The summed E-state index contributed by atoms with van der Waals surface area (Å²) in [5.74, 6) is 1.97. The molecule has 0 aliphatic rings. The van der Waals surface area contributed by atoms with Crippen molar-refractivity contribution in [3.8, 4) is 0 Å². The Labute approximate surface area is 97.8 Å². The van der Waals surface area contributed by atoms with Gasteiger partial charge in [0.1, 0.15) is 22.5 Å². The zero-order chi connectivity index (χ0) is 11.5. The van der Waals surface area contributed by atoms with E-state index in [0.29, 0.717) is 18.2 Å². The van der Waals surface area contributed by atoms with Crippen LogP contribution in [0.1, 0.15) is 16.4 Å². The number of hydrogen-bond donors (Lipinski definition) is 2. The predicted octanol–water partition coefficient (Wildman–Crippen LogP) is 1.74. The van der Waals surface area contributed by atoms with E-state index in [0.717, 1.165) is 16.4 Å². The van der Waals surface area contributed by atoms with Gasteiger partial charge in [-0.2, -0.15) is 0 Å². The first-order valence-corrected chi connectivity index (χ1v) is 5.77. The molecule has 0 saturated heterocycles. The fourth-order valence-electron chi connectivity index (χ4n) is 1.32. The number of nitrogens with one attached hydrogen (secondary N) is 1. The standard InChI is InChI=1S/C10H13N5S/c1-6-9(11)14-7(2)15-10(6)13-5-8-12-3-4-16-8/h3-4H,5H2,1-2H3,(H3,11,13,14,15). The van der Waals surface area contributed by atoms with Crippen molar-refractivity contribution < 1.29 is 0 Å². The lowest BCUT2D eigenvalue weighted by Gasteiger charge is -2.09. The van der Waals surface area contributed by atoms with Gasteiger partial charge in [0, 0.05) is 17.1 Å². The molecule has 2 aromatic heterocycles. The fourth-order valence-corrected chi connectivity index (χ4v) is 1.88. The normalized spacial score (nSPS) is 10.4. The van der Waals surface area contributed by atoms with E-state index in [2.05, 4.69) is 20.3 Å². The van der Waals surface area contributed by atoms with Crippen LogP contribution in [0.4, 0.5) is 11.6 Å². The predicted molar refractivity (Wildman–Crippen MR) is 65.4 cm³/mol. The van der Waals surface area contributed by atoms with Gasteiger partial charge in [-0.05, 0) is 13.8 Å². The molecule has 16 heavy (non-hydrogen) atoms. The number of rotatable bonds is 3. The Balaban J connectivity index is 2.15. The number of thiazole rings is 1. The van der Waals surface area contributed by atoms with Gasteiger partial charge >= 0.3 is 0 Å². The lowest BCUT2D eigenvalue weighted by molar-refractivity contribution is 1.00. The maximum Gasteiger partial charge on any atom is 0.135 e. The molecule has 84 valence electrons. The van der Waals surface area contributed by atoms with Gasteiger partial charge in [0.05, 0.1) is 6.54 Å². The first-order valence-electron chi connectivity index (χ1n) is 4.90. The molecule has 5 nitrogen and oxygen atoms in total. The number of nitrogens with zero attached hydrogens (tertiary/aromatic N) is 3. The van der Waals surface area contributed by atoms with Crippen molar-refractivity contribution in [1.29, 1.82) is 0 Å². The Kier molecular flexibility index (Phi) is 3.00. The molecule has 0 saturated carbocycles. The van der Waals surface area contributed by atoms with E-state index < -0.39 is 0 Å². The second kappa shape index (κ2) is 4.44. The molecule has 2 rings (SSSR count). The van der Waals surface area contributed by atoms with Crippen LogP contribution in [-0.4, -0.2) is 15.0 Å². The summed E-state index contributed by atoms with van der Waals surface area (Å²) in [6, 6.07) is 0. The van der Waals surface area contributed by atoms with Crippen LogP contribution in [0.3, 0.4) is 0 Å². The third kappa shape index (κ3) is 2.27. The summed E-state index contributed by atoms with van der Waals surface area (Å²) < 4.78 is 0. The molecule has 0 aliphatic carbocycles. The van der Waals surface area contributed by atoms with Crippen molar-refractivity contribution in [1.82, 2.24) is 15.0 Å². The van der Waals surface area contributed by atoms with Crippen molar-refractivity contribution in [3.63, 3.8) is 0 Å². The number of aryl methyl sites for hydroxylation is 1. The lowest BCUT2D eigenvalue weighted by atomic mass is 10.3. The number of anilines is 2. The van der Waals surface area contributed by atoms with Crippen LogP contribution in [-0.2, 0) is 6.54 Å². The van der Waals surface area contributed by atoms with E-state index in [1.54, 1.807) is 17.5 Å². The quantitative estimate of drug-likeness (QED) is 0.847. The molecule has 0 fully saturated rings. The zero-order valence-corrected chi connectivity index (χ0v) is 10.0. The van der Waals surface area contributed by atoms with Crippen LogP contribution in [0.25, 0.3) is 0 Å². The van der Waals surface area contributed by atoms with Gasteiger partial charge in [-0.3, -0.25) is 0 Å². The topological polar surface area (TPSA) is 76.7 Å². The molecular formula is C10H13N5S. The molecule has 0 atom stereocenters. The first-order chi connectivity index (χ1) is 7.66. The SMILES string of the molecule is Cc1nc(N)c(C)c(NCc2nccs2)n1. The highest BCUT2D eigenvalue weighted by Crippen LogP contribution is 2.17. The summed E-state index contributed by atoms with van der Waals surface area (Å²) in [6.07, 6.45) is 1.79. The average Bonchev–Trinajstić information content (AvgIpc) is 2.74. The molecule has 0 aliphatic heterocycles. The average molecular weight is 235 g/mol. The van der Waals surface area contributed by atoms with Gasteiger partial charge in [0.15, 0.2) is 0 Å². The third-order valence-electron chi connectivity index (χ3n) is 2.19. The second-order valence-electron chi connectivity index (χ2n) is 3.41. The monoisotopic (exact) mass is 235 g/mol. The number of nitrogens with two attached hydrogens (primary N) is 1. The molecule has 6 heteroatoms. The van der Waals surface area contributed by atoms with Gasteiger partial charge in [-0.25, -0.2) is 15.0 Å². The Bertz CT molecular complexity index is 480. The maximum absolute atomic E-state index is 5.77. The van der Waals surface area contributed by atoms with Crippen LogP contribution in [0.5, 0.6) is 0 Å². The van der Waals surface area contributed by atoms with Crippen LogP contribution >= 0.6 is 11.3 Å². The Morgan fingerprint density at radius 2 is 2.19 bits per heavy atom. The lowest BCUT2D eigenvalue weighted by Crippen LogP contribution is -2.07. The van der Waals surface area contributed by atoms with Crippen LogP contribution in [0.2, 0.25) is 0 Å². The number of aromatic nitrogens is 3. The highest BCUT2D eigenvalue weighted by molar-refractivity contribution is 7.09. The van der Waals surface area contributed by atoms with Crippen LogP contribution in [0, 0.1) is 13.8 Å². The minimum atomic E-state index is 0.522. The van der Waals surface area contributed by atoms with E-state index >= 15 is 0 Å². The second-order valence-corrected chi connectivity index (χ2v) is 4.39. The van der Waals surface area contributed by atoms with Crippen LogP contribution in [0.15, 0.2) is 11.6 Å². The molecule has 0 bridgehead atoms. The Morgan fingerprint density at radius 1 is 1.38 bits per heavy atom. The Morgan fingerprint density at radius 3 is 2.88 bits per heavy atom. The van der Waals surface area contributed by atoms with Crippen molar-refractivity contribution >= 4 is 23.0 Å². The van der Waals surface area contributed by atoms with E-state index in [9.17, 15) is 0 Å². The summed E-state index contributed by atoms with van der Waals surface area (Å²) in [5, 5.41) is 6.18. The van der Waals surface area contributed by atoms with Gasteiger partial charge in [-0.1, -0.05) is 0 Å². The molecule has 0 aromatic carbocycles. The third-order valence-corrected chi connectivity index (χ3v) is 2.97. The summed E-state index contributed by atoms with van der Waals surface area (Å²) in [4.78, 5) is 12.6. The molecular weight excluding hydrogens is 222 g/mol.